The van der Waals surface area contributed by atoms with Crippen molar-refractivity contribution >= 4 is 27.7 Å². The van der Waals surface area contributed by atoms with Gasteiger partial charge in [-0.15, -0.1) is 0 Å². The highest BCUT2D eigenvalue weighted by atomic mass is 32.2. The molecule has 1 saturated heterocycles. The Morgan fingerprint density at radius 3 is 2.42 bits per heavy atom. The van der Waals surface area contributed by atoms with Crippen LogP contribution >= 0.6 is 0 Å². The summed E-state index contributed by atoms with van der Waals surface area (Å²) in [6, 6.07) is 5.38. The van der Waals surface area contributed by atoms with Crippen molar-refractivity contribution < 1.29 is 27.5 Å². The molecule has 1 aliphatic rings. The first-order valence-corrected chi connectivity index (χ1v) is 9.30. The van der Waals surface area contributed by atoms with Crippen LogP contribution in [-0.4, -0.2) is 56.7 Å². The summed E-state index contributed by atoms with van der Waals surface area (Å²) in [5.41, 5.74) is 0.740. The van der Waals surface area contributed by atoms with Crippen LogP contribution in [0.25, 0.3) is 0 Å². The molecule has 1 aromatic carbocycles. The molecule has 1 fully saturated rings. The van der Waals surface area contributed by atoms with Crippen LogP contribution in [0.15, 0.2) is 24.3 Å². The number of carbonyl (C=O) groups is 3. The first-order valence-electron chi connectivity index (χ1n) is 7.24. The number of amides is 3. The molecule has 0 bridgehead atoms. The van der Waals surface area contributed by atoms with Crippen LogP contribution in [0, 0.1) is 0 Å². The van der Waals surface area contributed by atoms with Gasteiger partial charge >= 0.3 is 12.0 Å². The van der Waals surface area contributed by atoms with Crippen LogP contribution < -0.4 is 5.32 Å². The normalized spacial score (nSPS) is 15.8. The lowest BCUT2D eigenvalue weighted by Crippen LogP contribution is -2.41. The van der Waals surface area contributed by atoms with Gasteiger partial charge < -0.3 is 10.1 Å². The lowest BCUT2D eigenvalue weighted by molar-refractivity contribution is -0.136. The maximum absolute atomic E-state index is 12.1. The second-order valence-electron chi connectivity index (χ2n) is 5.54. The molecular formula is C15H18N2O6S. The van der Waals surface area contributed by atoms with E-state index in [0.29, 0.717) is 12.1 Å². The number of hydrogen-bond acceptors (Lipinski definition) is 6. The fourth-order valence-electron chi connectivity index (χ4n) is 2.22. The Kier molecular flexibility index (Phi) is 5.23. The molecule has 8 nitrogen and oxygen atoms in total. The van der Waals surface area contributed by atoms with Crippen molar-refractivity contribution in [2.75, 3.05) is 19.3 Å². The number of carbonyl (C=O) groups excluding carboxylic acids is 3. The number of imide groups is 1. The molecule has 1 N–H and O–H groups in total. The highest BCUT2D eigenvalue weighted by Crippen LogP contribution is 2.11. The van der Waals surface area contributed by atoms with Gasteiger partial charge in [-0.2, -0.15) is 0 Å². The summed E-state index contributed by atoms with van der Waals surface area (Å²) >= 11 is 0. The monoisotopic (exact) mass is 354 g/mol. The zero-order valence-electron chi connectivity index (χ0n) is 13.3. The topological polar surface area (TPSA) is 110 Å². The Labute approximate surface area is 139 Å². The minimum Gasteiger partial charge on any atom is -0.449 e. The number of hydrogen-bond donors (Lipinski definition) is 1. The van der Waals surface area contributed by atoms with Crippen molar-refractivity contribution in [2.45, 2.75) is 18.8 Å². The van der Waals surface area contributed by atoms with E-state index in [2.05, 4.69) is 5.32 Å². The Morgan fingerprint density at radius 1 is 1.29 bits per heavy atom. The quantitative estimate of drug-likeness (QED) is 0.763. The lowest BCUT2D eigenvalue weighted by atomic mass is 10.1. The van der Waals surface area contributed by atoms with Gasteiger partial charge in [0.15, 0.2) is 15.9 Å². The van der Waals surface area contributed by atoms with Gasteiger partial charge in [0.05, 0.1) is 11.3 Å². The third kappa shape index (κ3) is 4.54. The van der Waals surface area contributed by atoms with Crippen molar-refractivity contribution in [1.82, 2.24) is 10.2 Å². The van der Waals surface area contributed by atoms with Crippen LogP contribution in [0.1, 0.15) is 22.8 Å². The molecule has 130 valence electrons. The SMILES string of the molecule is CC(OC(=O)c1ccc(CS(C)(=O)=O)cc1)C(=O)N1CCNC1=O. The third-order valence-corrected chi connectivity index (χ3v) is 4.23. The number of esters is 1. The Balaban J connectivity index is 1.98. The van der Waals surface area contributed by atoms with Crippen molar-refractivity contribution in [2.24, 2.45) is 0 Å². The molecule has 0 aliphatic carbocycles. The van der Waals surface area contributed by atoms with Gasteiger partial charge in [-0.1, -0.05) is 12.1 Å². The van der Waals surface area contributed by atoms with Gasteiger partial charge in [-0.3, -0.25) is 9.69 Å². The summed E-state index contributed by atoms with van der Waals surface area (Å²) in [5, 5.41) is 2.49. The van der Waals surface area contributed by atoms with E-state index in [0.717, 1.165) is 11.2 Å². The van der Waals surface area contributed by atoms with Crippen molar-refractivity contribution in [3.63, 3.8) is 0 Å². The minimum absolute atomic E-state index is 0.124. The van der Waals surface area contributed by atoms with E-state index in [4.69, 9.17) is 4.74 Å². The largest absolute Gasteiger partial charge is 0.449 e. The zero-order chi connectivity index (χ0) is 17.9. The molecule has 0 saturated carbocycles. The summed E-state index contributed by atoms with van der Waals surface area (Å²) in [6.07, 6.45) is 0.0220. The Bertz CT molecular complexity index is 757. The van der Waals surface area contributed by atoms with E-state index in [9.17, 15) is 22.8 Å². The van der Waals surface area contributed by atoms with Gasteiger partial charge in [0.25, 0.3) is 5.91 Å². The van der Waals surface area contributed by atoms with Crippen LogP contribution in [0.3, 0.4) is 0 Å². The zero-order valence-corrected chi connectivity index (χ0v) is 14.1. The molecule has 1 heterocycles. The van der Waals surface area contributed by atoms with E-state index in [1.54, 1.807) is 0 Å². The summed E-state index contributed by atoms with van der Waals surface area (Å²) in [6.45, 7) is 2.00. The Hall–Kier alpha value is -2.42. The van der Waals surface area contributed by atoms with Gasteiger partial charge in [0.1, 0.15) is 0 Å². The van der Waals surface area contributed by atoms with E-state index in [-0.39, 0.29) is 17.9 Å². The number of benzene rings is 1. The van der Waals surface area contributed by atoms with Gasteiger partial charge in [0, 0.05) is 19.3 Å². The first-order chi connectivity index (χ1) is 11.2. The predicted molar refractivity (Wildman–Crippen MR) is 85.0 cm³/mol. The summed E-state index contributed by atoms with van der Waals surface area (Å²) < 4.78 is 27.5. The summed E-state index contributed by atoms with van der Waals surface area (Å²) in [5.74, 6) is -1.44. The molecular weight excluding hydrogens is 336 g/mol. The minimum atomic E-state index is -3.16. The number of nitrogens with zero attached hydrogens (tertiary/aromatic N) is 1. The molecule has 1 unspecified atom stereocenters. The van der Waals surface area contributed by atoms with Gasteiger partial charge in [-0.05, 0) is 24.6 Å². The second-order valence-corrected chi connectivity index (χ2v) is 7.68. The molecule has 0 aromatic heterocycles. The van der Waals surface area contributed by atoms with Gasteiger partial charge in [0.2, 0.25) is 0 Å². The third-order valence-electron chi connectivity index (χ3n) is 3.37. The number of urea groups is 1. The smallest absolute Gasteiger partial charge is 0.338 e. The average molecular weight is 354 g/mol. The van der Waals surface area contributed by atoms with Crippen molar-refractivity contribution in [3.05, 3.63) is 35.4 Å². The maximum atomic E-state index is 12.1. The number of rotatable bonds is 5. The maximum Gasteiger partial charge on any atom is 0.338 e. The van der Waals surface area contributed by atoms with E-state index in [1.165, 1.54) is 31.2 Å². The number of ether oxygens (including phenoxy) is 1. The fourth-order valence-corrected chi connectivity index (χ4v) is 3.02. The second kappa shape index (κ2) is 7.00. The molecule has 9 heteroatoms. The predicted octanol–water partition coefficient (Wildman–Crippen LogP) is 0.328. The highest BCUT2D eigenvalue weighted by molar-refractivity contribution is 7.89. The Morgan fingerprint density at radius 2 is 1.92 bits per heavy atom. The molecule has 1 aromatic rings. The van der Waals surface area contributed by atoms with Crippen LogP contribution in [0.2, 0.25) is 0 Å². The van der Waals surface area contributed by atoms with E-state index in [1.807, 2.05) is 0 Å². The van der Waals surface area contributed by atoms with E-state index >= 15 is 0 Å². The van der Waals surface area contributed by atoms with Crippen LogP contribution in [0.4, 0.5) is 4.79 Å². The van der Waals surface area contributed by atoms with Gasteiger partial charge in [-0.25, -0.2) is 18.0 Å². The van der Waals surface area contributed by atoms with E-state index < -0.39 is 33.8 Å². The molecule has 2 rings (SSSR count). The summed E-state index contributed by atoms with van der Waals surface area (Å²) in [7, 11) is -3.16. The fraction of sp³-hybridized carbons (Fsp3) is 0.400. The standard InChI is InChI=1S/C15H18N2O6S/c1-10(13(18)17-8-7-16-15(17)20)23-14(19)12-5-3-11(4-6-12)9-24(2,21)22/h3-6,10H,7-9H2,1-2H3,(H,16,20). The first kappa shape index (κ1) is 17.9. The summed E-state index contributed by atoms with van der Waals surface area (Å²) in [4.78, 5) is 36.5. The number of sulfone groups is 1. The molecule has 1 atom stereocenters. The number of nitrogens with one attached hydrogen (secondary N) is 1. The highest BCUT2D eigenvalue weighted by Gasteiger charge is 2.31. The average Bonchev–Trinajstić information content (AvgIpc) is 2.91. The van der Waals surface area contributed by atoms with Crippen LogP contribution in [-0.2, 0) is 25.1 Å². The molecule has 3 amide bonds. The molecule has 1 aliphatic heterocycles. The molecule has 24 heavy (non-hydrogen) atoms. The lowest BCUT2D eigenvalue weighted by Gasteiger charge is -2.18. The van der Waals surface area contributed by atoms with Crippen molar-refractivity contribution in [1.29, 1.82) is 0 Å². The van der Waals surface area contributed by atoms with Crippen LogP contribution in [0.5, 0.6) is 0 Å². The molecule has 0 spiro atoms. The van der Waals surface area contributed by atoms with Crippen molar-refractivity contribution in [3.8, 4) is 0 Å². The molecule has 0 radical (unpaired) electrons.